The average molecular weight is 267 g/mol. The van der Waals surface area contributed by atoms with Crippen LogP contribution in [0, 0.1) is 0 Å². The number of benzene rings is 2. The Bertz CT molecular complexity index is 778. The highest BCUT2D eigenvalue weighted by molar-refractivity contribution is 5.80. The largest absolute Gasteiger partial charge is 0.454 e. The predicted molar refractivity (Wildman–Crippen MR) is 74.9 cm³/mol. The van der Waals surface area contributed by atoms with E-state index >= 15 is 0 Å². The Morgan fingerprint density at radius 3 is 2.70 bits per heavy atom. The maximum atomic E-state index is 10.5. The zero-order valence-electron chi connectivity index (χ0n) is 10.7. The van der Waals surface area contributed by atoms with Gasteiger partial charge in [0.25, 0.3) is 0 Å². The molecule has 0 fully saturated rings. The summed E-state index contributed by atoms with van der Waals surface area (Å²) in [6.07, 6.45) is 1.21. The lowest BCUT2D eigenvalue weighted by Gasteiger charge is -2.12. The number of nitrogens with one attached hydrogen (secondary N) is 1. The van der Waals surface area contributed by atoms with E-state index in [0.29, 0.717) is 5.75 Å². The molecule has 3 aromatic rings. The van der Waals surface area contributed by atoms with Gasteiger partial charge >= 0.3 is 0 Å². The van der Waals surface area contributed by atoms with Crippen LogP contribution in [0.2, 0.25) is 0 Å². The van der Waals surface area contributed by atoms with Crippen molar-refractivity contribution in [2.45, 2.75) is 6.10 Å². The second kappa shape index (κ2) is 4.28. The number of hydrogen-bond donors (Lipinski definition) is 2. The summed E-state index contributed by atoms with van der Waals surface area (Å²) in [5, 5.41) is 11.6. The Labute approximate surface area is 115 Å². The van der Waals surface area contributed by atoms with Crippen LogP contribution in [0.3, 0.4) is 0 Å². The smallest absolute Gasteiger partial charge is 0.231 e. The van der Waals surface area contributed by atoms with Crippen molar-refractivity contribution in [1.29, 1.82) is 0 Å². The molecule has 0 saturated carbocycles. The molecule has 100 valence electrons. The van der Waals surface area contributed by atoms with Crippen molar-refractivity contribution in [3.05, 3.63) is 59.8 Å². The molecule has 4 rings (SSSR count). The fourth-order valence-electron chi connectivity index (χ4n) is 2.52. The van der Waals surface area contributed by atoms with Crippen molar-refractivity contribution >= 4 is 10.9 Å². The van der Waals surface area contributed by atoms with Crippen molar-refractivity contribution in [3.8, 4) is 11.5 Å². The van der Waals surface area contributed by atoms with Gasteiger partial charge in [-0.1, -0.05) is 12.1 Å². The summed E-state index contributed by atoms with van der Waals surface area (Å²) < 4.78 is 10.6. The molecular formula is C16H13NO3. The Hall–Kier alpha value is -2.46. The van der Waals surface area contributed by atoms with Crippen molar-refractivity contribution in [1.82, 2.24) is 4.98 Å². The Balaban J connectivity index is 1.73. The summed E-state index contributed by atoms with van der Waals surface area (Å²) in [4.78, 5) is 3.14. The molecule has 1 aromatic heterocycles. The van der Waals surface area contributed by atoms with Gasteiger partial charge in [0.15, 0.2) is 11.5 Å². The molecule has 0 amide bonds. The molecule has 4 heteroatoms. The van der Waals surface area contributed by atoms with Crippen LogP contribution >= 0.6 is 0 Å². The number of aromatic nitrogens is 1. The molecule has 0 radical (unpaired) electrons. The van der Waals surface area contributed by atoms with Gasteiger partial charge in [-0.15, -0.1) is 0 Å². The van der Waals surface area contributed by atoms with Gasteiger partial charge < -0.3 is 19.6 Å². The van der Waals surface area contributed by atoms with Crippen LogP contribution in [-0.2, 0) is 0 Å². The van der Waals surface area contributed by atoms with E-state index in [1.807, 2.05) is 48.7 Å². The van der Waals surface area contributed by atoms with E-state index in [2.05, 4.69) is 4.98 Å². The lowest BCUT2D eigenvalue weighted by atomic mass is 10.00. The van der Waals surface area contributed by atoms with Crippen LogP contribution < -0.4 is 9.47 Å². The highest BCUT2D eigenvalue weighted by Gasteiger charge is 2.17. The third-order valence-corrected chi connectivity index (χ3v) is 3.61. The van der Waals surface area contributed by atoms with E-state index in [0.717, 1.165) is 27.8 Å². The first kappa shape index (κ1) is 11.4. The van der Waals surface area contributed by atoms with E-state index in [1.165, 1.54) is 0 Å². The fraction of sp³-hybridized carbons (Fsp3) is 0.125. The topological polar surface area (TPSA) is 54.5 Å². The minimum absolute atomic E-state index is 0.240. The monoisotopic (exact) mass is 267 g/mol. The molecule has 20 heavy (non-hydrogen) atoms. The fourth-order valence-corrected chi connectivity index (χ4v) is 2.52. The van der Waals surface area contributed by atoms with Gasteiger partial charge in [0, 0.05) is 11.7 Å². The van der Waals surface area contributed by atoms with Crippen LogP contribution in [0.5, 0.6) is 11.5 Å². The van der Waals surface area contributed by atoms with Crippen LogP contribution in [-0.4, -0.2) is 16.9 Å². The van der Waals surface area contributed by atoms with E-state index in [-0.39, 0.29) is 6.79 Å². The maximum Gasteiger partial charge on any atom is 0.231 e. The molecule has 1 atom stereocenters. The number of ether oxygens (including phenoxy) is 2. The summed E-state index contributed by atoms with van der Waals surface area (Å²) in [5.74, 6) is 1.41. The second-order valence-corrected chi connectivity index (χ2v) is 4.84. The molecule has 1 unspecified atom stereocenters. The molecule has 1 aliphatic heterocycles. The number of hydrogen-bond acceptors (Lipinski definition) is 3. The molecule has 2 heterocycles. The maximum absolute atomic E-state index is 10.5. The normalized spacial score (nSPS) is 14.7. The Morgan fingerprint density at radius 2 is 1.75 bits per heavy atom. The first-order valence-electron chi connectivity index (χ1n) is 6.46. The first-order valence-corrected chi connectivity index (χ1v) is 6.46. The number of aliphatic hydroxyl groups excluding tert-OH is 1. The summed E-state index contributed by atoms with van der Waals surface area (Å²) in [7, 11) is 0. The summed E-state index contributed by atoms with van der Waals surface area (Å²) in [5.41, 5.74) is 2.71. The van der Waals surface area contributed by atoms with Gasteiger partial charge in [-0.2, -0.15) is 0 Å². The predicted octanol–water partition coefficient (Wildman–Crippen LogP) is 2.98. The third kappa shape index (κ3) is 1.73. The van der Waals surface area contributed by atoms with E-state index < -0.39 is 6.10 Å². The van der Waals surface area contributed by atoms with Gasteiger partial charge in [0.2, 0.25) is 6.79 Å². The molecule has 2 aromatic carbocycles. The van der Waals surface area contributed by atoms with Crippen molar-refractivity contribution in [2.75, 3.05) is 6.79 Å². The van der Waals surface area contributed by atoms with Crippen molar-refractivity contribution in [3.63, 3.8) is 0 Å². The van der Waals surface area contributed by atoms with Crippen LogP contribution in [0.25, 0.3) is 10.9 Å². The average Bonchev–Trinajstić information content (AvgIpc) is 3.13. The van der Waals surface area contributed by atoms with Crippen molar-refractivity contribution < 1.29 is 14.6 Å². The van der Waals surface area contributed by atoms with E-state index in [4.69, 9.17) is 9.47 Å². The molecular weight excluding hydrogens is 254 g/mol. The minimum Gasteiger partial charge on any atom is -0.454 e. The highest BCUT2D eigenvalue weighted by Crippen LogP contribution is 2.35. The SMILES string of the molecule is OC(c1ccc2c(c1)OCO2)c1ccc2[nH]ccc2c1. The molecule has 4 nitrogen and oxygen atoms in total. The number of aliphatic hydroxyl groups is 1. The molecule has 1 aliphatic rings. The van der Waals surface area contributed by atoms with Crippen LogP contribution in [0.4, 0.5) is 0 Å². The summed E-state index contributed by atoms with van der Waals surface area (Å²) >= 11 is 0. The summed E-state index contributed by atoms with van der Waals surface area (Å²) in [6.45, 7) is 0.240. The van der Waals surface area contributed by atoms with Gasteiger partial charge in [0.05, 0.1) is 0 Å². The van der Waals surface area contributed by atoms with E-state index in [9.17, 15) is 5.11 Å². The van der Waals surface area contributed by atoms with Gasteiger partial charge in [-0.05, 0) is 46.8 Å². The van der Waals surface area contributed by atoms with Gasteiger partial charge in [-0.25, -0.2) is 0 Å². The molecule has 0 aliphatic carbocycles. The third-order valence-electron chi connectivity index (χ3n) is 3.61. The van der Waals surface area contributed by atoms with Crippen LogP contribution in [0.1, 0.15) is 17.2 Å². The highest BCUT2D eigenvalue weighted by atomic mass is 16.7. The molecule has 2 N–H and O–H groups in total. The molecule has 0 spiro atoms. The number of rotatable bonds is 2. The Kier molecular flexibility index (Phi) is 2.44. The quantitative estimate of drug-likeness (QED) is 0.750. The zero-order chi connectivity index (χ0) is 13.5. The zero-order valence-corrected chi connectivity index (χ0v) is 10.7. The van der Waals surface area contributed by atoms with E-state index in [1.54, 1.807) is 0 Å². The second-order valence-electron chi connectivity index (χ2n) is 4.84. The lowest BCUT2D eigenvalue weighted by Crippen LogP contribution is -1.99. The standard InChI is InChI=1S/C16H13NO3/c18-16(11-1-3-13-10(7-11)5-6-17-13)12-2-4-14-15(8-12)20-9-19-14/h1-8,16-18H,9H2. The van der Waals surface area contributed by atoms with Gasteiger partial charge in [-0.3, -0.25) is 0 Å². The van der Waals surface area contributed by atoms with Gasteiger partial charge in [0.1, 0.15) is 6.10 Å². The minimum atomic E-state index is -0.677. The summed E-state index contributed by atoms with van der Waals surface area (Å²) in [6, 6.07) is 13.4. The van der Waals surface area contributed by atoms with Crippen molar-refractivity contribution in [2.24, 2.45) is 0 Å². The first-order chi connectivity index (χ1) is 9.81. The number of fused-ring (bicyclic) bond motifs is 2. The molecule has 0 saturated heterocycles. The number of aromatic amines is 1. The lowest BCUT2D eigenvalue weighted by molar-refractivity contribution is 0.173. The number of H-pyrrole nitrogens is 1. The van der Waals surface area contributed by atoms with Crippen LogP contribution in [0.15, 0.2) is 48.7 Å². The Morgan fingerprint density at radius 1 is 0.950 bits per heavy atom. The molecule has 0 bridgehead atoms.